The van der Waals surface area contributed by atoms with Crippen molar-refractivity contribution in [3.63, 3.8) is 0 Å². The highest BCUT2D eigenvalue weighted by atomic mass is 35.5. The van der Waals surface area contributed by atoms with E-state index in [1.54, 1.807) is 34.6 Å². The van der Waals surface area contributed by atoms with Gasteiger partial charge in [-0.3, -0.25) is 33.0 Å². The van der Waals surface area contributed by atoms with Crippen molar-refractivity contribution in [3.05, 3.63) is 32.6 Å². The summed E-state index contributed by atoms with van der Waals surface area (Å²) in [4.78, 5) is 50.4. The van der Waals surface area contributed by atoms with E-state index >= 15 is 4.39 Å². The van der Waals surface area contributed by atoms with E-state index in [4.69, 9.17) is 30.1 Å². The van der Waals surface area contributed by atoms with Gasteiger partial charge in [0.2, 0.25) is 0 Å². The summed E-state index contributed by atoms with van der Waals surface area (Å²) in [6, 6.07) is -1.17. The zero-order valence-electron chi connectivity index (χ0n) is 23.3. The average molecular weight is 632 g/mol. The molecule has 3 N–H and O–H groups in total. The Balaban J connectivity index is 2.19. The summed E-state index contributed by atoms with van der Waals surface area (Å²) in [6.45, 7) is 10.2. The number of hydrogen-bond donors (Lipinski definition) is 3. The van der Waals surface area contributed by atoms with E-state index in [2.05, 4.69) is 5.09 Å². The van der Waals surface area contributed by atoms with Crippen molar-refractivity contribution in [2.24, 2.45) is 5.41 Å². The van der Waals surface area contributed by atoms with Gasteiger partial charge in [0.1, 0.15) is 18.2 Å². The number of hydrogen-bond acceptors (Lipinski definition) is 11. The number of aryl methyl sites for hydroxylation is 1. The topological polar surface area (TPSA) is 175 Å². The molecular weight excluding hydrogens is 596 g/mol. The highest BCUT2D eigenvalue weighted by Gasteiger charge is 2.58. The third kappa shape index (κ3) is 8.96. The third-order valence-corrected chi connectivity index (χ3v) is 8.80. The van der Waals surface area contributed by atoms with Crippen molar-refractivity contribution in [1.82, 2.24) is 14.6 Å². The van der Waals surface area contributed by atoms with Gasteiger partial charge in [-0.25, -0.2) is 18.8 Å². The summed E-state index contributed by atoms with van der Waals surface area (Å²) < 4.78 is 51.0. The molecule has 0 radical (unpaired) electrons. The number of carbonyl (C=O) groups excluding carboxylic acids is 2. The maximum atomic E-state index is 15.4. The Labute approximate surface area is 240 Å². The summed E-state index contributed by atoms with van der Waals surface area (Å²) in [7, 11) is -4.36. The number of nitrogens with zero attached hydrogens (tertiary/aromatic N) is 1. The van der Waals surface area contributed by atoms with Crippen molar-refractivity contribution in [2.75, 3.05) is 19.0 Å². The second-order valence-electron chi connectivity index (χ2n) is 10.5. The fourth-order valence-corrected chi connectivity index (χ4v) is 5.97. The molecule has 2 rings (SSSR count). The molecule has 6 atom stereocenters. The zero-order chi connectivity index (χ0) is 30.6. The van der Waals surface area contributed by atoms with Crippen LogP contribution in [-0.4, -0.2) is 74.2 Å². The lowest BCUT2D eigenvalue weighted by atomic mass is 10.00. The summed E-state index contributed by atoms with van der Waals surface area (Å²) in [5.41, 5.74) is -2.29. The first-order chi connectivity index (χ1) is 18.3. The molecule has 0 aliphatic carbocycles. The van der Waals surface area contributed by atoms with Crippen LogP contribution < -0.4 is 16.3 Å². The summed E-state index contributed by atoms with van der Waals surface area (Å²) in [5, 5.41) is 9.77. The highest BCUT2D eigenvalue weighted by Crippen LogP contribution is 2.48. The molecule has 0 bridgehead atoms. The average Bonchev–Trinajstić information content (AvgIpc) is 3.05. The van der Waals surface area contributed by atoms with E-state index in [1.807, 2.05) is 4.98 Å². The molecule has 40 heavy (non-hydrogen) atoms. The zero-order valence-corrected chi connectivity index (χ0v) is 25.7. The van der Waals surface area contributed by atoms with E-state index in [0.29, 0.717) is 4.57 Å². The summed E-state index contributed by atoms with van der Waals surface area (Å²) >= 11 is 6.86. The van der Waals surface area contributed by atoms with Crippen molar-refractivity contribution in [2.45, 2.75) is 84.2 Å². The van der Waals surface area contributed by atoms with Gasteiger partial charge in [-0.05, 0) is 27.7 Å². The number of aliphatic hydroxyl groups is 1. The molecular formula is C23H36ClFN3O10PS. The van der Waals surface area contributed by atoms with Crippen LogP contribution in [0.25, 0.3) is 0 Å². The van der Waals surface area contributed by atoms with Crippen molar-refractivity contribution in [3.8, 4) is 0 Å². The van der Waals surface area contributed by atoms with Crippen LogP contribution in [-0.2, 0) is 32.7 Å². The number of ether oxygens (including phenoxy) is 2. The number of nitrogens with one attached hydrogen (secondary N) is 2. The molecule has 0 saturated carbocycles. The van der Waals surface area contributed by atoms with Gasteiger partial charge in [0.25, 0.3) is 10.7 Å². The normalized spacial score (nSPS) is 25.5. The fraction of sp³-hybridized carbons (Fsp3) is 0.739. The largest absolute Gasteiger partial charge is 0.462 e. The molecule has 1 aromatic rings. The van der Waals surface area contributed by atoms with Crippen LogP contribution in [0.4, 0.5) is 4.39 Å². The molecule has 17 heteroatoms. The van der Waals surface area contributed by atoms with Gasteiger partial charge >= 0.3 is 19.4 Å². The van der Waals surface area contributed by atoms with E-state index in [9.17, 15) is 28.8 Å². The van der Waals surface area contributed by atoms with Gasteiger partial charge in [0.15, 0.2) is 11.3 Å². The molecule has 0 unspecified atom stereocenters. The maximum absolute atomic E-state index is 15.4. The third-order valence-electron chi connectivity index (χ3n) is 5.43. The minimum atomic E-state index is -4.36. The number of thioether (sulfide) groups is 1. The number of alkyl halides is 2. The number of esters is 1. The van der Waals surface area contributed by atoms with E-state index < -0.39 is 72.7 Å². The van der Waals surface area contributed by atoms with E-state index in [1.165, 1.54) is 13.8 Å². The van der Waals surface area contributed by atoms with Gasteiger partial charge in [-0.15, -0.1) is 0 Å². The van der Waals surface area contributed by atoms with Crippen LogP contribution in [0.3, 0.4) is 0 Å². The van der Waals surface area contributed by atoms with Crippen LogP contribution in [0.2, 0.25) is 0 Å². The molecule has 0 spiro atoms. The Morgan fingerprint density at radius 2 is 1.95 bits per heavy atom. The van der Waals surface area contributed by atoms with Gasteiger partial charge in [-0.2, -0.15) is 0 Å². The van der Waals surface area contributed by atoms with Crippen LogP contribution >= 0.6 is 31.1 Å². The number of halogens is 2. The first-order valence-electron chi connectivity index (χ1n) is 12.4. The Kier molecular flexibility index (Phi) is 11.8. The van der Waals surface area contributed by atoms with Crippen LogP contribution in [0.1, 0.15) is 53.3 Å². The molecule has 1 saturated heterocycles. The molecule has 228 valence electrons. The lowest BCUT2D eigenvalue weighted by Crippen LogP contribution is -2.42. The van der Waals surface area contributed by atoms with Gasteiger partial charge in [0.05, 0.1) is 19.3 Å². The Hall–Kier alpha value is -1.58. The lowest BCUT2D eigenvalue weighted by molar-refractivity contribution is -0.149. The maximum Gasteiger partial charge on any atom is 0.406 e. The molecule has 1 aliphatic rings. The molecule has 0 amide bonds. The second-order valence-corrected chi connectivity index (χ2v) is 13.9. The first kappa shape index (κ1) is 34.6. The molecule has 2 heterocycles. The van der Waals surface area contributed by atoms with Crippen LogP contribution in [0.5, 0.6) is 0 Å². The van der Waals surface area contributed by atoms with Gasteiger partial charge in [0, 0.05) is 22.9 Å². The standard InChI is InChI=1S/C23H36ClFN3O10PS/c1-12(2)37-18(31)14(4)27-39(34,35-8-9-40-20(32)22(5,6)7)36-11-15-16(29)23(24,25)19(38-15)28-10-13(3)17(30)26-21(28)33/h10,12,14-16,19,29H,8-9,11H2,1-7H3,(H,27,34)(H,26,30,33)/t14-,15-,16-,19-,23-,39+/m1/s1. The Morgan fingerprint density at radius 3 is 2.52 bits per heavy atom. The van der Waals surface area contributed by atoms with Crippen LogP contribution in [0.15, 0.2) is 15.8 Å². The predicted molar refractivity (Wildman–Crippen MR) is 146 cm³/mol. The lowest BCUT2D eigenvalue weighted by Gasteiger charge is -2.25. The van der Waals surface area contributed by atoms with Crippen molar-refractivity contribution < 1.29 is 42.2 Å². The SMILES string of the molecule is Cc1cn([C@@H]2O[C@H](CO[P@](=O)(N[C@H](C)C(=O)OC(C)C)OCCSC(=O)C(C)(C)C)[C@@H](O)[C@]2(F)Cl)c(=O)[nH]c1=O. The summed E-state index contributed by atoms with van der Waals surface area (Å²) in [5.74, 6) is -0.655. The van der Waals surface area contributed by atoms with E-state index in [-0.39, 0.29) is 23.0 Å². The van der Waals surface area contributed by atoms with Crippen LogP contribution in [0, 0.1) is 12.3 Å². The number of aromatic amines is 1. The molecule has 1 fully saturated rings. The number of carbonyl (C=O) groups is 2. The number of aliphatic hydroxyl groups excluding tert-OH is 1. The minimum Gasteiger partial charge on any atom is -0.462 e. The smallest absolute Gasteiger partial charge is 0.406 e. The number of aromatic nitrogens is 2. The van der Waals surface area contributed by atoms with Gasteiger partial charge in [-0.1, -0.05) is 44.1 Å². The quantitative estimate of drug-likeness (QED) is 0.133. The summed E-state index contributed by atoms with van der Waals surface area (Å²) in [6.07, 6.45) is -4.95. The fourth-order valence-electron chi connectivity index (χ4n) is 3.28. The van der Waals surface area contributed by atoms with E-state index in [0.717, 1.165) is 18.0 Å². The van der Waals surface area contributed by atoms with Crippen molar-refractivity contribution in [1.29, 1.82) is 0 Å². The Morgan fingerprint density at radius 1 is 1.32 bits per heavy atom. The molecule has 1 aromatic heterocycles. The highest BCUT2D eigenvalue weighted by molar-refractivity contribution is 8.13. The molecule has 13 nitrogen and oxygen atoms in total. The van der Waals surface area contributed by atoms with Crippen molar-refractivity contribution >= 4 is 42.2 Å². The number of H-pyrrole nitrogens is 1. The van der Waals surface area contributed by atoms with Gasteiger partial charge < -0.3 is 14.6 Å². The second kappa shape index (κ2) is 13.6. The Bertz CT molecular complexity index is 1230. The monoisotopic (exact) mass is 631 g/mol. The molecule has 0 aromatic carbocycles. The first-order valence-corrected chi connectivity index (χ1v) is 15.3. The predicted octanol–water partition coefficient (Wildman–Crippen LogP) is 2.38. The minimum absolute atomic E-state index is 0.0528. The number of rotatable bonds is 12. The molecule has 1 aliphatic heterocycles.